The van der Waals surface area contributed by atoms with Gasteiger partial charge in [0.05, 0.1) is 10.0 Å². The van der Waals surface area contributed by atoms with E-state index < -0.39 is 11.9 Å². The quantitative estimate of drug-likeness (QED) is 0.599. The molecule has 4 heteroatoms. The molecule has 1 rings (SSSR count). The van der Waals surface area contributed by atoms with Gasteiger partial charge < -0.3 is 5.11 Å². The molecule has 0 aromatic heterocycles. The van der Waals surface area contributed by atoms with E-state index in [1.165, 1.54) is 12.1 Å². The van der Waals surface area contributed by atoms with Crippen molar-refractivity contribution in [3.63, 3.8) is 0 Å². The summed E-state index contributed by atoms with van der Waals surface area (Å²) in [4.78, 5) is 0. The van der Waals surface area contributed by atoms with Gasteiger partial charge in [-0.25, -0.2) is 4.39 Å². The molecular formula is C9H7Cl2FO. The minimum Gasteiger partial charge on any atom is -0.384 e. The Labute approximate surface area is 85.4 Å². The minimum absolute atomic E-state index is 0.0223. The van der Waals surface area contributed by atoms with Gasteiger partial charge in [-0.2, -0.15) is 0 Å². The van der Waals surface area contributed by atoms with Crippen molar-refractivity contribution < 1.29 is 9.50 Å². The van der Waals surface area contributed by atoms with Crippen LogP contribution in [0.15, 0.2) is 24.8 Å². The first-order valence-electron chi connectivity index (χ1n) is 3.52. The average molecular weight is 221 g/mol. The molecule has 70 valence electrons. The fourth-order valence-electron chi connectivity index (χ4n) is 0.932. The standard InChI is InChI=1S/C9H7Cl2FO/c1-2-7(13)8-6(12)4-3-5(10)9(8)11/h2-4,7,13H,1H2. The molecule has 0 aliphatic carbocycles. The fourth-order valence-corrected chi connectivity index (χ4v) is 1.36. The molecule has 1 atom stereocenters. The molecule has 13 heavy (non-hydrogen) atoms. The Balaban J connectivity index is 3.32. The van der Waals surface area contributed by atoms with Gasteiger partial charge in [0, 0.05) is 5.56 Å². The van der Waals surface area contributed by atoms with Crippen LogP contribution >= 0.6 is 23.2 Å². The number of halogens is 3. The highest BCUT2D eigenvalue weighted by atomic mass is 35.5. The molecule has 0 saturated heterocycles. The predicted octanol–water partition coefficient (Wildman–Crippen LogP) is 3.35. The Morgan fingerprint density at radius 3 is 2.62 bits per heavy atom. The van der Waals surface area contributed by atoms with Crippen molar-refractivity contribution in [2.75, 3.05) is 0 Å². The monoisotopic (exact) mass is 220 g/mol. The van der Waals surface area contributed by atoms with Crippen molar-refractivity contribution >= 4 is 23.2 Å². The summed E-state index contributed by atoms with van der Waals surface area (Å²) < 4.78 is 13.1. The van der Waals surface area contributed by atoms with E-state index >= 15 is 0 Å². The first-order chi connectivity index (χ1) is 6.07. The minimum atomic E-state index is -1.13. The van der Waals surface area contributed by atoms with E-state index in [0.29, 0.717) is 0 Å². The second-order valence-electron chi connectivity index (χ2n) is 2.44. The first-order valence-corrected chi connectivity index (χ1v) is 4.27. The van der Waals surface area contributed by atoms with Crippen LogP contribution in [0.1, 0.15) is 11.7 Å². The van der Waals surface area contributed by atoms with Gasteiger partial charge in [0.1, 0.15) is 11.9 Å². The predicted molar refractivity (Wildman–Crippen MR) is 51.6 cm³/mol. The molecule has 0 aliphatic heterocycles. The Morgan fingerprint density at radius 1 is 1.46 bits per heavy atom. The molecule has 1 nitrogen and oxygen atoms in total. The van der Waals surface area contributed by atoms with Gasteiger partial charge in [-0.1, -0.05) is 29.3 Å². The van der Waals surface area contributed by atoms with Crippen molar-refractivity contribution in [3.8, 4) is 0 Å². The van der Waals surface area contributed by atoms with Crippen LogP contribution in [0.5, 0.6) is 0 Å². The maximum absolute atomic E-state index is 13.1. The van der Waals surface area contributed by atoms with Gasteiger partial charge in [-0.3, -0.25) is 0 Å². The number of aliphatic hydroxyl groups excluding tert-OH is 1. The first kappa shape index (κ1) is 10.5. The van der Waals surface area contributed by atoms with E-state index in [4.69, 9.17) is 23.2 Å². The second-order valence-corrected chi connectivity index (χ2v) is 3.22. The van der Waals surface area contributed by atoms with Gasteiger partial charge in [0.2, 0.25) is 0 Å². The lowest BCUT2D eigenvalue weighted by Gasteiger charge is -2.10. The second kappa shape index (κ2) is 4.09. The third-order valence-corrected chi connectivity index (χ3v) is 2.42. The number of rotatable bonds is 2. The van der Waals surface area contributed by atoms with Crippen LogP contribution in [0, 0.1) is 5.82 Å². The van der Waals surface area contributed by atoms with Gasteiger partial charge in [-0.05, 0) is 12.1 Å². The van der Waals surface area contributed by atoms with Gasteiger partial charge in [0.15, 0.2) is 0 Å². The molecule has 1 N–H and O–H groups in total. The van der Waals surface area contributed by atoms with E-state index in [9.17, 15) is 9.50 Å². The zero-order chi connectivity index (χ0) is 10.0. The normalized spacial score (nSPS) is 12.6. The summed E-state index contributed by atoms with van der Waals surface area (Å²) in [5.74, 6) is -0.596. The fraction of sp³-hybridized carbons (Fsp3) is 0.111. The molecule has 0 bridgehead atoms. The summed E-state index contributed by atoms with van der Waals surface area (Å²) in [6.07, 6.45) is 0.0480. The molecule has 1 aromatic rings. The summed E-state index contributed by atoms with van der Waals surface area (Å²) in [5, 5.41) is 9.54. The van der Waals surface area contributed by atoms with Gasteiger partial charge in [-0.15, -0.1) is 6.58 Å². The molecule has 1 aromatic carbocycles. The van der Waals surface area contributed by atoms with Crippen LogP contribution in [0.4, 0.5) is 4.39 Å². The maximum Gasteiger partial charge on any atom is 0.130 e. The smallest absolute Gasteiger partial charge is 0.130 e. The highest BCUT2D eigenvalue weighted by molar-refractivity contribution is 6.42. The highest BCUT2D eigenvalue weighted by Crippen LogP contribution is 2.32. The van der Waals surface area contributed by atoms with Crippen LogP contribution in [0.3, 0.4) is 0 Å². The Hall–Kier alpha value is -0.570. The summed E-state index contributed by atoms with van der Waals surface area (Å²) in [5.41, 5.74) is -0.0378. The molecule has 0 amide bonds. The van der Waals surface area contributed by atoms with Crippen LogP contribution in [0.25, 0.3) is 0 Å². The van der Waals surface area contributed by atoms with Gasteiger partial charge >= 0.3 is 0 Å². The van der Waals surface area contributed by atoms with Crippen molar-refractivity contribution in [2.45, 2.75) is 6.10 Å². The van der Waals surface area contributed by atoms with E-state index in [1.807, 2.05) is 0 Å². The zero-order valence-corrected chi connectivity index (χ0v) is 8.11. The Bertz CT molecular complexity index is 339. The summed E-state index contributed by atoms with van der Waals surface area (Å²) >= 11 is 11.3. The number of hydrogen-bond acceptors (Lipinski definition) is 1. The van der Waals surface area contributed by atoms with E-state index in [-0.39, 0.29) is 15.6 Å². The summed E-state index contributed by atoms with van der Waals surface area (Å²) in [6.45, 7) is 3.33. The molecule has 0 aliphatic rings. The van der Waals surface area contributed by atoms with E-state index in [1.54, 1.807) is 0 Å². The topological polar surface area (TPSA) is 20.2 Å². The third kappa shape index (κ3) is 2.02. The van der Waals surface area contributed by atoms with E-state index in [0.717, 1.165) is 6.07 Å². The summed E-state index contributed by atoms with van der Waals surface area (Å²) in [7, 11) is 0. The third-order valence-electron chi connectivity index (χ3n) is 1.60. The molecule has 0 spiro atoms. The van der Waals surface area contributed by atoms with Crippen molar-refractivity contribution in [1.29, 1.82) is 0 Å². The van der Waals surface area contributed by atoms with Gasteiger partial charge in [0.25, 0.3) is 0 Å². The molecule has 1 unspecified atom stereocenters. The van der Waals surface area contributed by atoms with Crippen LogP contribution < -0.4 is 0 Å². The molecule has 0 heterocycles. The van der Waals surface area contributed by atoms with Crippen molar-refractivity contribution in [3.05, 3.63) is 46.2 Å². The largest absolute Gasteiger partial charge is 0.384 e. The van der Waals surface area contributed by atoms with Crippen molar-refractivity contribution in [1.82, 2.24) is 0 Å². The van der Waals surface area contributed by atoms with Crippen molar-refractivity contribution in [2.24, 2.45) is 0 Å². The number of hydrogen-bond donors (Lipinski definition) is 1. The Kier molecular flexibility index (Phi) is 3.31. The average Bonchev–Trinajstić information content (AvgIpc) is 2.12. The lowest BCUT2D eigenvalue weighted by Crippen LogP contribution is -1.98. The number of benzene rings is 1. The summed E-state index contributed by atoms with van der Waals surface area (Å²) in [6, 6.07) is 2.48. The van der Waals surface area contributed by atoms with Crippen LogP contribution in [0.2, 0.25) is 10.0 Å². The lowest BCUT2D eigenvalue weighted by atomic mass is 10.1. The number of aliphatic hydroxyl groups is 1. The SMILES string of the molecule is C=CC(O)c1c(F)ccc(Cl)c1Cl. The Morgan fingerprint density at radius 2 is 2.08 bits per heavy atom. The molecule has 0 saturated carbocycles. The van der Waals surface area contributed by atoms with Crippen LogP contribution in [-0.4, -0.2) is 5.11 Å². The zero-order valence-electron chi connectivity index (χ0n) is 6.60. The maximum atomic E-state index is 13.1. The highest BCUT2D eigenvalue weighted by Gasteiger charge is 2.15. The molecule has 0 radical (unpaired) electrons. The molecular weight excluding hydrogens is 214 g/mol. The van der Waals surface area contributed by atoms with Crippen LogP contribution in [-0.2, 0) is 0 Å². The molecule has 0 fully saturated rings. The lowest BCUT2D eigenvalue weighted by molar-refractivity contribution is 0.223. The van der Waals surface area contributed by atoms with E-state index in [2.05, 4.69) is 6.58 Å².